The average Bonchev–Trinajstić information content (AvgIpc) is 2.35. The number of carbonyl (C=O) groups is 2. The summed E-state index contributed by atoms with van der Waals surface area (Å²) in [4.78, 5) is 24.3. The second kappa shape index (κ2) is 5.50. The zero-order valence-corrected chi connectivity index (χ0v) is 12.8. The van der Waals surface area contributed by atoms with E-state index in [-0.39, 0.29) is 19.0 Å². The van der Waals surface area contributed by atoms with E-state index in [1.165, 1.54) is 38.5 Å². The van der Waals surface area contributed by atoms with Crippen molar-refractivity contribution < 1.29 is 14.7 Å². The van der Waals surface area contributed by atoms with Crippen LogP contribution in [0.1, 0.15) is 44.9 Å². The van der Waals surface area contributed by atoms with Gasteiger partial charge in [-0.3, -0.25) is 4.79 Å². The Kier molecular flexibility index (Phi) is 3.84. The number of carbonyl (C=O) groups excluding carboxylic acids is 1. The van der Waals surface area contributed by atoms with Crippen molar-refractivity contribution in [2.75, 3.05) is 20.1 Å². The van der Waals surface area contributed by atoms with E-state index < -0.39 is 5.97 Å². The lowest BCUT2D eigenvalue weighted by atomic mass is 9.49. The molecule has 2 amide bonds. The van der Waals surface area contributed by atoms with Gasteiger partial charge in [-0.1, -0.05) is 0 Å². The summed E-state index contributed by atoms with van der Waals surface area (Å²) in [5.41, 5.74) is 0.341. The molecule has 0 spiro atoms. The van der Waals surface area contributed by atoms with Gasteiger partial charge in [-0.2, -0.15) is 0 Å². The molecule has 0 aliphatic heterocycles. The lowest BCUT2D eigenvalue weighted by Crippen LogP contribution is -2.52. The number of carboxylic acids is 1. The minimum Gasteiger partial charge on any atom is -0.481 e. The fraction of sp³-hybridized carbons (Fsp3) is 0.875. The summed E-state index contributed by atoms with van der Waals surface area (Å²) in [5.74, 6) is 1.79. The predicted molar refractivity (Wildman–Crippen MR) is 78.9 cm³/mol. The molecule has 4 saturated carbocycles. The van der Waals surface area contributed by atoms with Crippen LogP contribution < -0.4 is 5.32 Å². The van der Waals surface area contributed by atoms with Gasteiger partial charge in [-0.05, 0) is 61.7 Å². The Balaban J connectivity index is 1.53. The number of amides is 2. The van der Waals surface area contributed by atoms with Crippen LogP contribution in [-0.4, -0.2) is 42.1 Å². The van der Waals surface area contributed by atoms with E-state index in [1.807, 2.05) is 7.05 Å². The third-order valence-electron chi connectivity index (χ3n) is 5.70. The lowest BCUT2D eigenvalue weighted by molar-refractivity contribution is -0.136. The summed E-state index contributed by atoms with van der Waals surface area (Å²) in [5, 5.41) is 11.3. The van der Waals surface area contributed by atoms with E-state index in [2.05, 4.69) is 5.32 Å². The minimum atomic E-state index is -0.876. The standard InChI is InChI=1S/C16H26N2O3/c1-18(15(21)17-3-2-14(19)20)10-16-7-11-4-12(8-16)6-13(5-11)9-16/h11-13H,2-10H2,1H3,(H,17,21)(H,19,20). The zero-order chi connectivity index (χ0) is 15.0. The number of rotatable bonds is 5. The van der Waals surface area contributed by atoms with Crippen LogP contribution in [0.25, 0.3) is 0 Å². The third-order valence-corrected chi connectivity index (χ3v) is 5.70. The molecule has 4 rings (SSSR count). The van der Waals surface area contributed by atoms with Gasteiger partial charge in [0.15, 0.2) is 0 Å². The van der Waals surface area contributed by atoms with Crippen LogP contribution in [-0.2, 0) is 4.79 Å². The van der Waals surface area contributed by atoms with E-state index in [9.17, 15) is 9.59 Å². The summed E-state index contributed by atoms with van der Waals surface area (Å²) < 4.78 is 0. The normalized spacial score (nSPS) is 36.5. The van der Waals surface area contributed by atoms with Gasteiger partial charge >= 0.3 is 12.0 Å². The summed E-state index contributed by atoms with van der Waals surface area (Å²) in [6.07, 6.45) is 8.06. The van der Waals surface area contributed by atoms with E-state index in [1.54, 1.807) is 4.90 Å². The van der Waals surface area contributed by atoms with Crippen LogP contribution in [0.4, 0.5) is 4.79 Å². The molecule has 0 saturated heterocycles. The SMILES string of the molecule is CN(CC12CC3CC(CC(C3)C1)C2)C(=O)NCCC(=O)O. The fourth-order valence-electron chi connectivity index (χ4n) is 5.47. The Hall–Kier alpha value is -1.26. The molecule has 0 aromatic carbocycles. The molecule has 5 nitrogen and oxygen atoms in total. The number of carboxylic acid groups (broad SMARTS) is 1. The maximum atomic E-state index is 12.1. The van der Waals surface area contributed by atoms with Gasteiger partial charge in [0.1, 0.15) is 0 Å². The van der Waals surface area contributed by atoms with E-state index >= 15 is 0 Å². The Labute approximate surface area is 126 Å². The molecule has 0 aromatic heterocycles. The molecule has 4 bridgehead atoms. The Morgan fingerprint density at radius 2 is 1.67 bits per heavy atom. The van der Waals surface area contributed by atoms with E-state index in [0.29, 0.717) is 5.41 Å². The lowest BCUT2D eigenvalue weighted by Gasteiger charge is -2.57. The van der Waals surface area contributed by atoms with Crippen LogP contribution in [0.2, 0.25) is 0 Å². The first kappa shape index (κ1) is 14.7. The number of hydrogen-bond donors (Lipinski definition) is 2. The van der Waals surface area contributed by atoms with Gasteiger partial charge in [-0.25, -0.2) is 4.79 Å². The number of nitrogens with one attached hydrogen (secondary N) is 1. The highest BCUT2D eigenvalue weighted by atomic mass is 16.4. The monoisotopic (exact) mass is 294 g/mol. The molecule has 4 aliphatic rings. The van der Waals surface area contributed by atoms with Crippen LogP contribution >= 0.6 is 0 Å². The van der Waals surface area contributed by atoms with Gasteiger partial charge in [-0.15, -0.1) is 0 Å². The maximum Gasteiger partial charge on any atom is 0.317 e. The molecular formula is C16H26N2O3. The number of urea groups is 1. The first-order valence-corrected chi connectivity index (χ1v) is 8.16. The van der Waals surface area contributed by atoms with Gasteiger partial charge in [0.2, 0.25) is 0 Å². The summed E-state index contributed by atoms with van der Waals surface area (Å²) in [6, 6.07) is -0.132. The minimum absolute atomic E-state index is 0.0169. The van der Waals surface area contributed by atoms with Gasteiger partial charge in [0.05, 0.1) is 6.42 Å². The molecule has 2 N–H and O–H groups in total. The summed E-state index contributed by atoms with van der Waals surface area (Å²) >= 11 is 0. The molecule has 118 valence electrons. The molecule has 0 atom stereocenters. The summed E-state index contributed by atoms with van der Waals surface area (Å²) in [7, 11) is 1.84. The van der Waals surface area contributed by atoms with Crippen molar-refractivity contribution in [2.45, 2.75) is 44.9 Å². The molecule has 0 heterocycles. The van der Waals surface area contributed by atoms with Crippen LogP contribution in [0.3, 0.4) is 0 Å². The van der Waals surface area contributed by atoms with Gasteiger partial charge < -0.3 is 15.3 Å². The van der Waals surface area contributed by atoms with Crippen LogP contribution in [0.15, 0.2) is 0 Å². The first-order chi connectivity index (χ1) is 9.96. The largest absolute Gasteiger partial charge is 0.481 e. The third kappa shape index (κ3) is 3.16. The molecular weight excluding hydrogens is 268 g/mol. The number of aliphatic carboxylic acids is 1. The van der Waals surface area contributed by atoms with Gasteiger partial charge in [0, 0.05) is 20.1 Å². The molecule has 4 aliphatic carbocycles. The van der Waals surface area contributed by atoms with Crippen molar-refractivity contribution >= 4 is 12.0 Å². The molecule has 21 heavy (non-hydrogen) atoms. The van der Waals surface area contributed by atoms with Crippen molar-refractivity contribution in [2.24, 2.45) is 23.2 Å². The highest BCUT2D eigenvalue weighted by molar-refractivity contribution is 5.75. The van der Waals surface area contributed by atoms with Crippen LogP contribution in [0.5, 0.6) is 0 Å². The average molecular weight is 294 g/mol. The highest BCUT2D eigenvalue weighted by Gasteiger charge is 2.51. The zero-order valence-electron chi connectivity index (χ0n) is 12.8. The van der Waals surface area contributed by atoms with Gasteiger partial charge in [0.25, 0.3) is 0 Å². The Morgan fingerprint density at radius 1 is 1.14 bits per heavy atom. The van der Waals surface area contributed by atoms with Crippen molar-refractivity contribution in [3.05, 3.63) is 0 Å². The van der Waals surface area contributed by atoms with Crippen molar-refractivity contribution in [1.29, 1.82) is 0 Å². The quantitative estimate of drug-likeness (QED) is 0.817. The fourth-order valence-corrected chi connectivity index (χ4v) is 5.47. The molecule has 0 radical (unpaired) electrons. The van der Waals surface area contributed by atoms with Crippen molar-refractivity contribution in [3.8, 4) is 0 Å². The molecule has 0 aromatic rings. The molecule has 5 heteroatoms. The van der Waals surface area contributed by atoms with E-state index in [0.717, 1.165) is 24.3 Å². The maximum absolute atomic E-state index is 12.1. The smallest absolute Gasteiger partial charge is 0.317 e. The van der Waals surface area contributed by atoms with Crippen molar-refractivity contribution in [3.63, 3.8) is 0 Å². The first-order valence-electron chi connectivity index (χ1n) is 8.16. The number of hydrogen-bond acceptors (Lipinski definition) is 2. The predicted octanol–water partition coefficient (Wildman–Crippen LogP) is 2.32. The van der Waals surface area contributed by atoms with Crippen molar-refractivity contribution in [1.82, 2.24) is 10.2 Å². The topological polar surface area (TPSA) is 69.6 Å². The Morgan fingerprint density at radius 3 is 2.14 bits per heavy atom. The number of nitrogens with zero attached hydrogens (tertiary/aromatic N) is 1. The highest BCUT2D eigenvalue weighted by Crippen LogP contribution is 2.60. The molecule has 4 fully saturated rings. The second-order valence-corrected chi connectivity index (χ2v) is 7.65. The van der Waals surface area contributed by atoms with Crippen LogP contribution in [0, 0.1) is 23.2 Å². The molecule has 0 unspecified atom stereocenters. The summed E-state index contributed by atoms with van der Waals surface area (Å²) in [6.45, 7) is 1.04. The second-order valence-electron chi connectivity index (χ2n) is 7.65. The van der Waals surface area contributed by atoms with E-state index in [4.69, 9.17) is 5.11 Å². The Bertz CT molecular complexity index is 400.